The van der Waals surface area contributed by atoms with E-state index in [2.05, 4.69) is 15.5 Å². The number of ether oxygens (including phenoxy) is 1. The Morgan fingerprint density at radius 2 is 2.32 bits per heavy atom. The summed E-state index contributed by atoms with van der Waals surface area (Å²) >= 11 is 0. The fraction of sp³-hybridized carbons (Fsp3) is 0.385. The lowest BCUT2D eigenvalue weighted by Gasteiger charge is -2.02. The minimum Gasteiger partial charge on any atom is -0.494 e. The lowest BCUT2D eigenvalue weighted by atomic mass is 10.2. The zero-order valence-corrected chi connectivity index (χ0v) is 10.5. The molecule has 0 amide bonds. The molecule has 0 atom stereocenters. The van der Waals surface area contributed by atoms with Crippen LogP contribution in [0.3, 0.4) is 0 Å². The Kier molecular flexibility index (Phi) is 3.16. The van der Waals surface area contributed by atoms with Crippen LogP contribution in [0.15, 0.2) is 22.7 Å². The molecule has 6 heteroatoms. The van der Waals surface area contributed by atoms with Crippen LogP contribution in [-0.2, 0) is 6.54 Å². The van der Waals surface area contributed by atoms with Crippen LogP contribution in [0.5, 0.6) is 5.75 Å². The van der Waals surface area contributed by atoms with Crippen LogP contribution in [0.2, 0.25) is 0 Å². The molecule has 1 aromatic heterocycles. The van der Waals surface area contributed by atoms with Crippen molar-refractivity contribution in [1.29, 1.82) is 0 Å². The van der Waals surface area contributed by atoms with Crippen molar-refractivity contribution >= 4 is 0 Å². The molecule has 5 nitrogen and oxygen atoms in total. The molecule has 1 aliphatic rings. The zero-order valence-electron chi connectivity index (χ0n) is 10.5. The van der Waals surface area contributed by atoms with Gasteiger partial charge < -0.3 is 14.6 Å². The Bertz CT molecular complexity index is 581. The van der Waals surface area contributed by atoms with Gasteiger partial charge in [-0.25, -0.2) is 4.39 Å². The van der Waals surface area contributed by atoms with E-state index in [1.807, 2.05) is 0 Å². The minimum atomic E-state index is -0.412. The molecule has 1 N–H and O–H groups in total. The first-order valence-corrected chi connectivity index (χ1v) is 6.16. The predicted octanol–water partition coefficient (Wildman–Crippen LogP) is 2.14. The molecule has 19 heavy (non-hydrogen) atoms. The van der Waals surface area contributed by atoms with Crippen molar-refractivity contribution in [2.45, 2.75) is 25.4 Å². The number of benzene rings is 1. The summed E-state index contributed by atoms with van der Waals surface area (Å²) < 4.78 is 23.4. The number of nitrogens with one attached hydrogen (secondary N) is 1. The lowest BCUT2D eigenvalue weighted by Crippen LogP contribution is -2.15. The van der Waals surface area contributed by atoms with Gasteiger partial charge in [0.1, 0.15) is 0 Å². The fourth-order valence-electron chi connectivity index (χ4n) is 1.76. The molecule has 0 unspecified atom stereocenters. The van der Waals surface area contributed by atoms with Crippen LogP contribution in [0.25, 0.3) is 11.4 Å². The van der Waals surface area contributed by atoms with E-state index < -0.39 is 5.82 Å². The summed E-state index contributed by atoms with van der Waals surface area (Å²) in [6, 6.07) is 5.06. The van der Waals surface area contributed by atoms with Crippen LogP contribution in [0.4, 0.5) is 4.39 Å². The molecule has 1 aromatic carbocycles. The second-order valence-corrected chi connectivity index (χ2v) is 4.52. The molecule has 0 bridgehead atoms. The topological polar surface area (TPSA) is 60.2 Å². The number of rotatable bonds is 5. The van der Waals surface area contributed by atoms with Gasteiger partial charge in [0.05, 0.1) is 13.7 Å². The van der Waals surface area contributed by atoms with Crippen molar-refractivity contribution < 1.29 is 13.7 Å². The standard InChI is InChI=1S/C13H14FN3O2/c1-18-11-6-8(2-5-10(11)14)13-16-12(19-17-13)7-15-9-3-4-9/h2,5-6,9,15H,3-4,7H2,1H3. The quantitative estimate of drug-likeness (QED) is 0.895. The summed E-state index contributed by atoms with van der Waals surface area (Å²) in [5.41, 5.74) is 0.666. The molecule has 1 fully saturated rings. The summed E-state index contributed by atoms with van der Waals surface area (Å²) in [5.74, 6) is 0.724. The van der Waals surface area contributed by atoms with Crippen molar-refractivity contribution in [2.75, 3.05) is 7.11 Å². The maximum Gasteiger partial charge on any atom is 0.240 e. The van der Waals surface area contributed by atoms with Gasteiger partial charge in [0.15, 0.2) is 11.6 Å². The number of methoxy groups -OCH3 is 1. The summed E-state index contributed by atoms with van der Waals surface area (Å²) in [7, 11) is 1.42. The van der Waals surface area contributed by atoms with Gasteiger partial charge in [0.2, 0.25) is 11.7 Å². The van der Waals surface area contributed by atoms with E-state index >= 15 is 0 Å². The van der Waals surface area contributed by atoms with E-state index in [1.54, 1.807) is 12.1 Å². The van der Waals surface area contributed by atoms with E-state index in [0.717, 1.165) is 0 Å². The number of hydrogen-bond donors (Lipinski definition) is 1. The van der Waals surface area contributed by atoms with E-state index in [-0.39, 0.29) is 5.75 Å². The second kappa shape index (κ2) is 4.97. The van der Waals surface area contributed by atoms with Crippen LogP contribution in [0, 0.1) is 5.82 Å². The second-order valence-electron chi connectivity index (χ2n) is 4.52. The van der Waals surface area contributed by atoms with Gasteiger partial charge in [0.25, 0.3) is 0 Å². The van der Waals surface area contributed by atoms with Gasteiger partial charge in [0, 0.05) is 11.6 Å². The van der Waals surface area contributed by atoms with Crippen LogP contribution in [-0.4, -0.2) is 23.3 Å². The van der Waals surface area contributed by atoms with Gasteiger partial charge in [-0.2, -0.15) is 4.98 Å². The minimum absolute atomic E-state index is 0.167. The normalized spacial score (nSPS) is 14.6. The maximum absolute atomic E-state index is 13.3. The molecular weight excluding hydrogens is 249 g/mol. The van der Waals surface area contributed by atoms with Gasteiger partial charge in [-0.1, -0.05) is 5.16 Å². The predicted molar refractivity (Wildman–Crippen MR) is 66.1 cm³/mol. The number of nitrogens with zero attached hydrogens (tertiary/aromatic N) is 2. The van der Waals surface area contributed by atoms with Crippen molar-refractivity contribution in [1.82, 2.24) is 15.5 Å². The van der Waals surface area contributed by atoms with Crippen molar-refractivity contribution in [2.24, 2.45) is 0 Å². The van der Waals surface area contributed by atoms with E-state index in [1.165, 1.54) is 26.0 Å². The lowest BCUT2D eigenvalue weighted by molar-refractivity contribution is 0.367. The zero-order chi connectivity index (χ0) is 13.2. The van der Waals surface area contributed by atoms with Crippen LogP contribution < -0.4 is 10.1 Å². The highest BCUT2D eigenvalue weighted by molar-refractivity contribution is 5.57. The Balaban J connectivity index is 1.77. The molecule has 0 radical (unpaired) electrons. The molecule has 2 aromatic rings. The number of hydrogen-bond acceptors (Lipinski definition) is 5. The molecule has 1 heterocycles. The Morgan fingerprint density at radius 3 is 3.05 bits per heavy atom. The monoisotopic (exact) mass is 263 g/mol. The fourth-order valence-corrected chi connectivity index (χ4v) is 1.76. The largest absolute Gasteiger partial charge is 0.494 e. The summed E-state index contributed by atoms with van der Waals surface area (Å²) in [6.07, 6.45) is 2.41. The molecule has 100 valence electrons. The Morgan fingerprint density at radius 1 is 1.47 bits per heavy atom. The SMILES string of the molecule is COc1cc(-c2noc(CNC3CC3)n2)ccc1F. The third-order valence-electron chi connectivity index (χ3n) is 3.00. The van der Waals surface area contributed by atoms with Gasteiger partial charge >= 0.3 is 0 Å². The van der Waals surface area contributed by atoms with E-state index in [9.17, 15) is 4.39 Å². The molecule has 0 spiro atoms. The number of halogens is 1. The summed E-state index contributed by atoms with van der Waals surface area (Å²) in [6.45, 7) is 0.565. The van der Waals surface area contributed by atoms with Gasteiger partial charge in [-0.3, -0.25) is 0 Å². The first kappa shape index (κ1) is 12.1. The average Bonchev–Trinajstić information content (AvgIpc) is 3.14. The van der Waals surface area contributed by atoms with Crippen molar-refractivity contribution in [3.63, 3.8) is 0 Å². The molecular formula is C13H14FN3O2. The first-order chi connectivity index (χ1) is 9.26. The van der Waals surface area contributed by atoms with Crippen molar-refractivity contribution in [3.8, 4) is 17.1 Å². The molecule has 1 aliphatic carbocycles. The van der Waals surface area contributed by atoms with E-state index in [0.29, 0.717) is 29.9 Å². The third kappa shape index (κ3) is 2.73. The van der Waals surface area contributed by atoms with Gasteiger partial charge in [-0.05, 0) is 31.0 Å². The molecule has 1 saturated carbocycles. The summed E-state index contributed by atoms with van der Waals surface area (Å²) in [5, 5.41) is 7.17. The Labute approximate surface area is 109 Å². The maximum atomic E-state index is 13.3. The van der Waals surface area contributed by atoms with Crippen LogP contribution >= 0.6 is 0 Å². The summed E-state index contributed by atoms with van der Waals surface area (Å²) in [4.78, 5) is 4.27. The van der Waals surface area contributed by atoms with Gasteiger partial charge in [-0.15, -0.1) is 0 Å². The van der Waals surface area contributed by atoms with Crippen LogP contribution in [0.1, 0.15) is 18.7 Å². The van der Waals surface area contributed by atoms with Crippen molar-refractivity contribution in [3.05, 3.63) is 29.9 Å². The molecule has 3 rings (SSSR count). The highest BCUT2D eigenvalue weighted by Crippen LogP contribution is 2.24. The highest BCUT2D eigenvalue weighted by atomic mass is 19.1. The van der Waals surface area contributed by atoms with E-state index in [4.69, 9.17) is 9.26 Å². The number of aromatic nitrogens is 2. The average molecular weight is 263 g/mol. The highest BCUT2D eigenvalue weighted by Gasteiger charge is 2.21. The molecule has 0 aliphatic heterocycles. The smallest absolute Gasteiger partial charge is 0.240 e. The first-order valence-electron chi connectivity index (χ1n) is 6.16. The third-order valence-corrected chi connectivity index (χ3v) is 3.00. The Hall–Kier alpha value is -1.95. The molecule has 0 saturated heterocycles.